The standard InChI is InChI=1S/C23H26ClN3O3.C22H25ClN4O2.C22H26N2O2S.C21H23NO2.4ClH/c1-23(2,22(28)29)9-10-26-11-13-27(14-12-26)21-17-15-16(24)7-8-19(17)30-20-6-4-3-5-18(20)25-21;1-22(2,21(28)29)14-26-9-11-27(12-10-26)20-16-5-3-4-6-17(16)24-18-8-7-15(23)13-19(18)25-20;1-22(2,21(25)26)15-23-13-11-16(12-14-23)24-17-7-3-5-9-19(17)27-20-10-6-4-8-18(20)24;23-20(24)13-16-22-14-11-19(12-15-22)21(17-7-3-1-4-8-17)18-9-5-2-6-10-18;;;;/h3-8,15H,9-14H2,1-2H3,(H,28,29);3-8,13,24H,9-12,14H2,1-2H3,(H,28,29);3-10,16H,11-15H2,1-2H3,(H,25,26);1-10H,11-16H2,(H,23,24);4*1H. The third-order valence-electron chi connectivity index (χ3n) is 21.5. The van der Waals surface area contributed by atoms with Gasteiger partial charge in [-0.3, -0.25) is 29.0 Å². The maximum absolute atomic E-state index is 11.5. The number of fused-ring (bicyclic) bond motifs is 6. The van der Waals surface area contributed by atoms with Gasteiger partial charge in [0.25, 0.3) is 0 Å². The van der Waals surface area contributed by atoms with Crippen LogP contribution in [0.3, 0.4) is 0 Å². The van der Waals surface area contributed by atoms with Gasteiger partial charge in [0.05, 0.1) is 51.0 Å². The molecule has 19 nitrogen and oxygen atoms in total. The highest BCUT2D eigenvalue weighted by molar-refractivity contribution is 7.99. The molecule has 0 radical (unpaired) electrons. The Morgan fingerprint density at radius 1 is 0.465 bits per heavy atom. The molecule has 0 aromatic heterocycles. The van der Waals surface area contributed by atoms with E-state index in [2.05, 4.69) is 149 Å². The molecule has 26 heteroatoms. The molecule has 0 aliphatic carbocycles. The number of nitrogens with zero attached hydrogens (tertiary/aromatic N) is 9. The van der Waals surface area contributed by atoms with Crippen molar-refractivity contribution in [2.45, 2.75) is 95.9 Å². The number of benzene rings is 8. The Labute approximate surface area is 709 Å². The molecule has 0 unspecified atom stereocenters. The number of piperazine rings is 2. The third-order valence-corrected chi connectivity index (χ3v) is 23.1. The number of halogens is 6. The number of likely N-dealkylation sites (tertiary alicyclic amines) is 2. The number of carboxylic acid groups (broad SMARTS) is 4. The van der Waals surface area contributed by atoms with Crippen LogP contribution in [0.2, 0.25) is 10.0 Å². The fourth-order valence-corrected chi connectivity index (χ4v) is 16.3. The van der Waals surface area contributed by atoms with E-state index in [9.17, 15) is 34.5 Å². The molecule has 5 N–H and O–H groups in total. The van der Waals surface area contributed by atoms with Crippen LogP contribution in [0.25, 0.3) is 5.57 Å². The molecule has 8 aromatic carbocycles. The Morgan fingerprint density at radius 3 is 1.49 bits per heavy atom. The summed E-state index contributed by atoms with van der Waals surface area (Å²) in [6.45, 7) is 23.6. The summed E-state index contributed by atoms with van der Waals surface area (Å²) < 4.78 is 6.13. The number of piperidine rings is 2. The summed E-state index contributed by atoms with van der Waals surface area (Å²) in [5.41, 5.74) is 11.3. The molecule has 0 saturated carbocycles. The summed E-state index contributed by atoms with van der Waals surface area (Å²) in [6, 6.07) is 66.1. The van der Waals surface area contributed by atoms with Gasteiger partial charge < -0.3 is 55.0 Å². The van der Waals surface area contributed by atoms with Crippen LogP contribution >= 0.6 is 84.6 Å². The lowest BCUT2D eigenvalue weighted by Gasteiger charge is -2.43. The molecule has 7 aliphatic rings. The zero-order chi connectivity index (χ0) is 77.7. The minimum absolute atomic E-state index is 0. The highest BCUT2D eigenvalue weighted by Gasteiger charge is 2.37. The quantitative estimate of drug-likeness (QED) is 0.0607. The van der Waals surface area contributed by atoms with Gasteiger partial charge in [-0.25, -0.2) is 9.98 Å². The molecular formula is C88H104Cl6N10O9S. The molecule has 608 valence electrons. The first kappa shape index (κ1) is 91.2. The lowest BCUT2D eigenvalue weighted by atomic mass is 9.88. The zero-order valence-electron chi connectivity index (χ0n) is 65.3. The molecule has 0 bridgehead atoms. The van der Waals surface area contributed by atoms with Gasteiger partial charge in [-0.2, -0.15) is 0 Å². The van der Waals surface area contributed by atoms with Gasteiger partial charge in [0.15, 0.2) is 5.75 Å². The second-order valence-corrected chi connectivity index (χ2v) is 32.9. The van der Waals surface area contributed by atoms with Gasteiger partial charge in [0.1, 0.15) is 23.1 Å². The summed E-state index contributed by atoms with van der Waals surface area (Å²) in [5.74, 6) is 0.308. The molecule has 8 aromatic rings. The Morgan fingerprint density at radius 2 is 0.930 bits per heavy atom. The molecule has 4 fully saturated rings. The van der Waals surface area contributed by atoms with Gasteiger partial charge >= 0.3 is 23.9 Å². The average Bonchev–Trinajstić information content (AvgIpc) is 0.797. The molecule has 4 saturated heterocycles. The third kappa shape index (κ3) is 23.3. The Kier molecular flexibility index (Phi) is 33.2. The highest BCUT2D eigenvalue weighted by Crippen LogP contribution is 2.50. The number of hydrogen-bond acceptors (Lipinski definition) is 16. The number of aliphatic carboxylic acids is 4. The van der Waals surface area contributed by atoms with Crippen molar-refractivity contribution in [3.05, 3.63) is 232 Å². The van der Waals surface area contributed by atoms with Gasteiger partial charge in [0, 0.05) is 135 Å². The number of ether oxygens (including phenoxy) is 1. The summed E-state index contributed by atoms with van der Waals surface area (Å²) in [4.78, 5) is 73.7. The fraction of sp³-hybridized carbons (Fsp3) is 0.364. The minimum Gasteiger partial charge on any atom is -0.481 e. The van der Waals surface area contributed by atoms with Crippen molar-refractivity contribution in [2.24, 2.45) is 26.2 Å². The van der Waals surface area contributed by atoms with Crippen LogP contribution in [0.4, 0.5) is 34.1 Å². The Balaban J connectivity index is 0.000000189. The van der Waals surface area contributed by atoms with E-state index in [1.807, 2.05) is 111 Å². The van der Waals surface area contributed by atoms with Gasteiger partial charge in [0.2, 0.25) is 0 Å². The first-order chi connectivity index (χ1) is 52.9. The van der Waals surface area contributed by atoms with Crippen LogP contribution in [0.5, 0.6) is 11.5 Å². The second-order valence-electron chi connectivity index (χ2n) is 30.9. The van der Waals surface area contributed by atoms with E-state index in [0.717, 1.165) is 168 Å². The maximum atomic E-state index is 11.5. The SMILES string of the molecule is CC(C)(CCN1CCN(C2=Nc3ccccc3Oc3ccc(Cl)cc32)CC1)C(=O)O.CC(C)(CN1CCC(N2c3ccccc3Sc3ccccc32)CC1)C(=O)O.CC(C)(CN1CCN(C2=Nc3cc(Cl)ccc3Nc3ccccc32)CC1)C(=O)O.Cl.Cl.Cl.Cl.O=C(O)CCN1CCC(=C(c2ccccc2)c2ccccc2)CC1. The molecule has 7 aliphatic heterocycles. The topological polar surface area (TPSA) is 218 Å². The van der Waals surface area contributed by atoms with E-state index in [4.69, 9.17) is 43.0 Å². The molecule has 0 atom stereocenters. The van der Waals surface area contributed by atoms with E-state index in [1.54, 1.807) is 27.7 Å². The predicted octanol–water partition coefficient (Wildman–Crippen LogP) is 19.5. The first-order valence-corrected chi connectivity index (χ1v) is 39.6. The van der Waals surface area contributed by atoms with Crippen LogP contribution in [-0.2, 0) is 19.2 Å². The second kappa shape index (κ2) is 41.5. The predicted molar refractivity (Wildman–Crippen MR) is 471 cm³/mol. The number of nitrogens with one attached hydrogen (secondary N) is 1. The highest BCUT2D eigenvalue weighted by atomic mass is 35.5. The number of rotatable bonds is 16. The van der Waals surface area contributed by atoms with Crippen LogP contribution in [0, 0.1) is 16.2 Å². The lowest BCUT2D eigenvalue weighted by Crippen LogP contribution is -2.52. The maximum Gasteiger partial charge on any atom is 0.310 e. The van der Waals surface area contributed by atoms with Crippen molar-refractivity contribution in [2.75, 3.05) is 115 Å². The number of para-hydroxylation sites is 5. The van der Waals surface area contributed by atoms with E-state index in [-0.39, 0.29) is 56.0 Å². The summed E-state index contributed by atoms with van der Waals surface area (Å²) in [7, 11) is 0. The minimum atomic E-state index is -0.762. The largest absolute Gasteiger partial charge is 0.481 e. The molecule has 114 heavy (non-hydrogen) atoms. The number of carboxylic acids is 4. The number of amidine groups is 2. The smallest absolute Gasteiger partial charge is 0.310 e. The molecule has 7 heterocycles. The number of aliphatic imine (C=N–C) groups is 2. The summed E-state index contributed by atoms with van der Waals surface area (Å²) in [6.07, 6.45) is 4.94. The van der Waals surface area contributed by atoms with E-state index < -0.39 is 40.1 Å². The molecule has 0 spiro atoms. The molecule has 15 rings (SSSR count). The summed E-state index contributed by atoms with van der Waals surface area (Å²) >= 11 is 14.4. The average molecular weight is 1690 g/mol. The van der Waals surface area contributed by atoms with Crippen LogP contribution in [0.15, 0.2) is 219 Å². The lowest BCUT2D eigenvalue weighted by molar-refractivity contribution is -0.149. The van der Waals surface area contributed by atoms with Gasteiger partial charge in [-0.1, -0.05) is 150 Å². The summed E-state index contributed by atoms with van der Waals surface area (Å²) in [5, 5.41) is 41.8. The van der Waals surface area contributed by atoms with Crippen molar-refractivity contribution >= 4 is 160 Å². The van der Waals surface area contributed by atoms with Crippen LogP contribution < -0.4 is 15.0 Å². The van der Waals surface area contributed by atoms with Crippen molar-refractivity contribution in [3.8, 4) is 11.5 Å². The zero-order valence-corrected chi connectivity index (χ0v) is 70.9. The Bertz CT molecular complexity index is 4590. The van der Waals surface area contributed by atoms with Crippen LogP contribution in [-0.4, -0.2) is 196 Å². The normalized spacial score (nSPS) is 16.2. The van der Waals surface area contributed by atoms with E-state index in [1.165, 1.54) is 43.4 Å². The van der Waals surface area contributed by atoms with Crippen molar-refractivity contribution in [1.82, 2.24) is 29.4 Å². The molecule has 0 amide bonds. The monoisotopic (exact) mass is 1690 g/mol. The number of carbonyl (C=O) groups is 4. The number of hydrogen-bond donors (Lipinski definition) is 5. The first-order valence-electron chi connectivity index (χ1n) is 38.1. The van der Waals surface area contributed by atoms with Crippen molar-refractivity contribution < 1.29 is 44.3 Å². The molecular weight excluding hydrogens is 1590 g/mol. The van der Waals surface area contributed by atoms with Gasteiger partial charge in [-0.15, -0.1) is 49.6 Å². The van der Waals surface area contributed by atoms with Crippen LogP contribution in [0.1, 0.15) is 102 Å². The van der Waals surface area contributed by atoms with Crippen molar-refractivity contribution in [1.29, 1.82) is 0 Å². The van der Waals surface area contributed by atoms with Gasteiger partial charge in [-0.05, 0) is 182 Å². The van der Waals surface area contributed by atoms with E-state index >= 15 is 0 Å². The number of anilines is 4. The fourth-order valence-electron chi connectivity index (χ4n) is 14.9. The Hall–Kier alpha value is -8.35. The van der Waals surface area contributed by atoms with Crippen molar-refractivity contribution in [3.63, 3.8) is 0 Å². The van der Waals surface area contributed by atoms with E-state index in [0.29, 0.717) is 42.1 Å².